The molecule has 0 fully saturated rings. The van der Waals surface area contributed by atoms with Crippen molar-refractivity contribution < 1.29 is 23.9 Å². The molecule has 0 unspecified atom stereocenters. The maximum Gasteiger partial charge on any atom is 0.348 e. The summed E-state index contributed by atoms with van der Waals surface area (Å²) in [4.78, 5) is 37.4. The molecule has 0 spiro atoms. The van der Waals surface area contributed by atoms with Gasteiger partial charge < -0.3 is 14.8 Å². The first-order valence-electron chi connectivity index (χ1n) is 8.68. The molecule has 1 heterocycles. The monoisotopic (exact) mass is 458 g/mol. The quantitative estimate of drug-likeness (QED) is 0.537. The van der Waals surface area contributed by atoms with Gasteiger partial charge in [-0.2, -0.15) is 0 Å². The van der Waals surface area contributed by atoms with Crippen LogP contribution in [0.2, 0.25) is 10.0 Å². The minimum Gasteiger partial charge on any atom is -0.462 e. The zero-order valence-corrected chi connectivity index (χ0v) is 18.6. The van der Waals surface area contributed by atoms with E-state index in [-0.39, 0.29) is 33.2 Å². The number of benzene rings is 1. The number of carbonyl (C=O) groups is 3. The third-order valence-corrected chi connectivity index (χ3v) is 5.49. The van der Waals surface area contributed by atoms with Gasteiger partial charge in [-0.15, -0.1) is 11.3 Å². The Bertz CT molecular complexity index is 943. The van der Waals surface area contributed by atoms with Crippen LogP contribution in [0.1, 0.15) is 46.4 Å². The second-order valence-corrected chi connectivity index (χ2v) is 7.98. The van der Waals surface area contributed by atoms with Gasteiger partial charge in [-0.05, 0) is 51.5 Å². The average molecular weight is 459 g/mol. The van der Waals surface area contributed by atoms with Crippen molar-refractivity contribution in [2.45, 2.75) is 33.8 Å². The summed E-state index contributed by atoms with van der Waals surface area (Å²) in [5.74, 6) is -1.22. The number of nitrogens with one attached hydrogen (secondary N) is 2. The van der Waals surface area contributed by atoms with Crippen LogP contribution in [0.4, 0.5) is 15.5 Å². The predicted octanol–water partition coefficient (Wildman–Crippen LogP) is 5.75. The van der Waals surface area contributed by atoms with Crippen molar-refractivity contribution >= 4 is 63.2 Å². The van der Waals surface area contributed by atoms with Crippen LogP contribution in [0.5, 0.6) is 0 Å². The van der Waals surface area contributed by atoms with Crippen LogP contribution in [0.25, 0.3) is 0 Å². The number of esters is 2. The molecular formula is C19H20Cl2N2O5S. The van der Waals surface area contributed by atoms with E-state index in [1.807, 2.05) is 0 Å². The standard InChI is InChI=1S/C19H20Cl2N2O5S/c1-5-27-17(24)14-10(4)15(18(25)28-9(2)3)29-16(14)23-19(26)22-11-6-7-12(20)13(21)8-11/h6-9H,5H2,1-4H3,(H2,22,23,26). The van der Waals surface area contributed by atoms with Crippen LogP contribution in [-0.2, 0) is 9.47 Å². The molecule has 0 bridgehead atoms. The molecule has 2 aromatic rings. The Morgan fingerprint density at radius 1 is 1.10 bits per heavy atom. The summed E-state index contributed by atoms with van der Waals surface area (Å²) < 4.78 is 10.3. The molecule has 10 heteroatoms. The minimum atomic E-state index is -0.644. The number of anilines is 2. The number of halogens is 2. The van der Waals surface area contributed by atoms with E-state index in [1.54, 1.807) is 39.8 Å². The molecule has 0 radical (unpaired) electrons. The van der Waals surface area contributed by atoms with Crippen LogP contribution in [-0.4, -0.2) is 30.7 Å². The van der Waals surface area contributed by atoms with Gasteiger partial charge in [-0.3, -0.25) is 5.32 Å². The summed E-state index contributed by atoms with van der Waals surface area (Å²) in [6.07, 6.45) is -0.329. The van der Waals surface area contributed by atoms with Crippen LogP contribution in [0.3, 0.4) is 0 Å². The summed E-state index contributed by atoms with van der Waals surface area (Å²) >= 11 is 12.7. The van der Waals surface area contributed by atoms with Crippen LogP contribution < -0.4 is 10.6 Å². The minimum absolute atomic E-state index is 0.108. The fourth-order valence-electron chi connectivity index (χ4n) is 2.35. The Balaban J connectivity index is 2.31. The molecule has 29 heavy (non-hydrogen) atoms. The van der Waals surface area contributed by atoms with Gasteiger partial charge in [-0.25, -0.2) is 14.4 Å². The maximum atomic E-state index is 12.4. The molecule has 2 N–H and O–H groups in total. The van der Waals surface area contributed by atoms with Gasteiger partial charge in [0.25, 0.3) is 0 Å². The summed E-state index contributed by atoms with van der Waals surface area (Å²) in [6, 6.07) is 3.98. The second-order valence-electron chi connectivity index (χ2n) is 6.14. The first kappa shape index (κ1) is 23.0. The van der Waals surface area contributed by atoms with E-state index in [4.69, 9.17) is 32.7 Å². The number of hydrogen-bond acceptors (Lipinski definition) is 6. The lowest BCUT2D eigenvalue weighted by Crippen LogP contribution is -2.20. The first-order valence-corrected chi connectivity index (χ1v) is 10.3. The molecule has 0 atom stereocenters. The molecule has 1 aromatic carbocycles. The topological polar surface area (TPSA) is 93.7 Å². The van der Waals surface area contributed by atoms with Gasteiger partial charge >= 0.3 is 18.0 Å². The van der Waals surface area contributed by atoms with Gasteiger partial charge in [0.05, 0.1) is 28.3 Å². The van der Waals surface area contributed by atoms with Crippen molar-refractivity contribution in [2.75, 3.05) is 17.2 Å². The lowest BCUT2D eigenvalue weighted by Gasteiger charge is -2.09. The molecule has 0 aliphatic heterocycles. The van der Waals surface area contributed by atoms with Crippen LogP contribution in [0.15, 0.2) is 18.2 Å². The highest BCUT2D eigenvalue weighted by Crippen LogP contribution is 2.35. The number of amides is 2. The molecule has 0 saturated heterocycles. The van der Waals surface area contributed by atoms with Gasteiger partial charge in [0.2, 0.25) is 0 Å². The normalized spacial score (nSPS) is 10.6. The number of rotatable bonds is 6. The maximum absolute atomic E-state index is 12.4. The van der Waals surface area contributed by atoms with Gasteiger partial charge in [0.15, 0.2) is 0 Å². The molecule has 2 amide bonds. The molecule has 156 valence electrons. The van der Waals surface area contributed by atoms with Crippen molar-refractivity contribution in [1.82, 2.24) is 0 Å². The van der Waals surface area contributed by atoms with Gasteiger partial charge in [0.1, 0.15) is 9.88 Å². The summed E-state index contributed by atoms with van der Waals surface area (Å²) in [5.41, 5.74) is 0.892. The Hall–Kier alpha value is -2.29. The molecule has 0 aliphatic rings. The highest BCUT2D eigenvalue weighted by molar-refractivity contribution is 7.18. The number of thiophene rings is 1. The van der Waals surface area contributed by atoms with E-state index >= 15 is 0 Å². The van der Waals surface area contributed by atoms with Crippen molar-refractivity contribution in [3.8, 4) is 0 Å². The Kier molecular flexibility index (Phi) is 7.89. The smallest absolute Gasteiger partial charge is 0.348 e. The van der Waals surface area contributed by atoms with Crippen molar-refractivity contribution in [3.05, 3.63) is 44.2 Å². The van der Waals surface area contributed by atoms with Crippen molar-refractivity contribution in [3.63, 3.8) is 0 Å². The second kappa shape index (κ2) is 9.96. The third kappa shape index (κ3) is 5.85. The highest BCUT2D eigenvalue weighted by Gasteiger charge is 2.27. The Morgan fingerprint density at radius 3 is 2.38 bits per heavy atom. The molecule has 0 saturated carbocycles. The molecular weight excluding hydrogens is 439 g/mol. The number of ether oxygens (including phenoxy) is 2. The van der Waals surface area contributed by atoms with Gasteiger partial charge in [-0.1, -0.05) is 23.2 Å². The van der Waals surface area contributed by atoms with Crippen molar-refractivity contribution in [2.24, 2.45) is 0 Å². The van der Waals surface area contributed by atoms with E-state index in [9.17, 15) is 14.4 Å². The Morgan fingerprint density at radius 2 is 1.79 bits per heavy atom. The third-order valence-electron chi connectivity index (χ3n) is 3.56. The summed E-state index contributed by atoms with van der Waals surface area (Å²) in [6.45, 7) is 6.85. The Labute approximate surface area is 182 Å². The first-order chi connectivity index (χ1) is 13.6. The van der Waals surface area contributed by atoms with E-state index in [0.29, 0.717) is 16.3 Å². The van der Waals surface area contributed by atoms with Crippen LogP contribution >= 0.6 is 34.5 Å². The molecule has 0 aliphatic carbocycles. The number of urea groups is 1. The highest BCUT2D eigenvalue weighted by atomic mass is 35.5. The zero-order chi connectivity index (χ0) is 21.7. The van der Waals surface area contributed by atoms with E-state index < -0.39 is 18.0 Å². The van der Waals surface area contributed by atoms with Crippen molar-refractivity contribution in [1.29, 1.82) is 0 Å². The SMILES string of the molecule is CCOC(=O)c1c(NC(=O)Nc2ccc(Cl)c(Cl)c2)sc(C(=O)OC(C)C)c1C. The number of hydrogen-bond donors (Lipinski definition) is 2. The van der Waals surface area contributed by atoms with Crippen LogP contribution in [0, 0.1) is 6.92 Å². The fourth-order valence-corrected chi connectivity index (χ4v) is 3.72. The summed E-state index contributed by atoms with van der Waals surface area (Å²) in [7, 11) is 0. The lowest BCUT2D eigenvalue weighted by atomic mass is 10.1. The average Bonchev–Trinajstić information content (AvgIpc) is 2.94. The van der Waals surface area contributed by atoms with Gasteiger partial charge in [0, 0.05) is 5.69 Å². The largest absolute Gasteiger partial charge is 0.462 e. The molecule has 2 rings (SSSR count). The number of carbonyl (C=O) groups excluding carboxylic acids is 3. The summed E-state index contributed by atoms with van der Waals surface area (Å²) in [5, 5.41) is 5.98. The fraction of sp³-hybridized carbons (Fsp3) is 0.316. The van der Waals surface area contributed by atoms with E-state index in [2.05, 4.69) is 10.6 Å². The predicted molar refractivity (Wildman–Crippen MR) is 115 cm³/mol. The van der Waals surface area contributed by atoms with E-state index in [1.165, 1.54) is 6.07 Å². The molecule has 1 aromatic heterocycles. The van der Waals surface area contributed by atoms with E-state index in [0.717, 1.165) is 11.3 Å². The lowest BCUT2D eigenvalue weighted by molar-refractivity contribution is 0.0383. The molecule has 7 nitrogen and oxygen atoms in total. The zero-order valence-electron chi connectivity index (χ0n) is 16.2.